The summed E-state index contributed by atoms with van der Waals surface area (Å²) < 4.78 is 10.0. The summed E-state index contributed by atoms with van der Waals surface area (Å²) >= 11 is 0. The van der Waals surface area contributed by atoms with Crippen LogP contribution in [0.1, 0.15) is 52.7 Å². The van der Waals surface area contributed by atoms with Crippen LogP contribution in [-0.4, -0.2) is 27.4 Å². The maximum absolute atomic E-state index is 7.46. The topological polar surface area (TPSA) is 24.6 Å². The molecule has 19 rings (SSSR count). The van der Waals surface area contributed by atoms with Crippen molar-refractivity contribution in [1.82, 2.24) is 4.57 Å². The molecule has 0 atom stereocenters. The fraction of sp³-hybridized carbons (Fsp3) is 0.0816. The molecule has 15 aromatic carbocycles. The highest BCUT2D eigenvalue weighted by atomic mass is 28.3. The van der Waals surface area contributed by atoms with Gasteiger partial charge in [0, 0.05) is 50.0 Å². The first-order chi connectivity index (χ1) is 51.3. The minimum Gasteiger partial charge on any atom is -0.454 e. The van der Waals surface area contributed by atoms with Crippen LogP contribution in [0.5, 0.6) is 0 Å². The minimum absolute atomic E-state index is 0.0926. The SMILES string of the molecule is CC(C)(C)c1ccc2c(c1)c1cc(C(C)(C)C)ccc1n2-c1cc2c3c(c1)N(c1cccc(-c4ccccc4)c1)c1c(ccc4c1oc1ccccc14)B3c1ccc([Si](c3ccccc3)(c3ccccc3)c3ccccc3)cc1N2c1cccc([Si](c2ccccc2)(c2ccccc2)c2ccccc2)c1. The van der Waals surface area contributed by atoms with E-state index in [1.165, 1.54) is 79.8 Å². The van der Waals surface area contributed by atoms with E-state index in [-0.39, 0.29) is 17.5 Å². The lowest BCUT2D eigenvalue weighted by molar-refractivity contribution is 0.590. The van der Waals surface area contributed by atoms with Crippen LogP contribution in [0.3, 0.4) is 0 Å². The monoisotopic (exact) mass is 1380 g/mol. The van der Waals surface area contributed by atoms with Crippen molar-refractivity contribution in [3.63, 3.8) is 0 Å². The Morgan fingerprint density at radius 1 is 0.286 bits per heavy atom. The second kappa shape index (κ2) is 24.9. The quantitative estimate of drug-likeness (QED) is 0.0900. The van der Waals surface area contributed by atoms with E-state index < -0.39 is 16.1 Å². The summed E-state index contributed by atoms with van der Waals surface area (Å²) in [6.45, 7) is 13.7. The molecule has 17 aromatic rings. The van der Waals surface area contributed by atoms with Crippen molar-refractivity contribution in [2.45, 2.75) is 52.4 Å². The van der Waals surface area contributed by atoms with Gasteiger partial charge >= 0.3 is 0 Å². The smallest absolute Gasteiger partial charge is 0.252 e. The summed E-state index contributed by atoms with van der Waals surface area (Å²) in [6, 6.07) is 139. The highest BCUT2D eigenvalue weighted by Gasteiger charge is 2.49. The highest BCUT2D eigenvalue weighted by molar-refractivity contribution is 7.20. The molecule has 0 N–H and O–H groups in total. The zero-order valence-electron chi connectivity index (χ0n) is 60.0. The summed E-state index contributed by atoms with van der Waals surface area (Å²) in [5.74, 6) is 0. The van der Waals surface area contributed by atoms with Gasteiger partial charge in [-0.25, -0.2) is 0 Å². The molecule has 2 aliphatic heterocycles. The first kappa shape index (κ1) is 63.9. The first-order valence-electron chi connectivity index (χ1n) is 36.9. The molecule has 7 heteroatoms. The zero-order valence-corrected chi connectivity index (χ0v) is 62.0. The molecule has 2 aromatic heterocycles. The molecule has 4 nitrogen and oxygen atoms in total. The van der Waals surface area contributed by atoms with Crippen LogP contribution in [0.2, 0.25) is 0 Å². The van der Waals surface area contributed by atoms with Crippen molar-refractivity contribution in [3.05, 3.63) is 375 Å². The number of furan rings is 1. The largest absolute Gasteiger partial charge is 0.454 e. The fourth-order valence-electron chi connectivity index (χ4n) is 17.8. The highest BCUT2D eigenvalue weighted by Crippen LogP contribution is 2.50. The summed E-state index contributed by atoms with van der Waals surface area (Å²) in [5, 5.41) is 15.2. The number of hydrogen-bond donors (Lipinski definition) is 0. The Morgan fingerprint density at radius 3 is 1.21 bits per heavy atom. The molecule has 0 unspecified atom stereocenters. The molecule has 502 valence electrons. The van der Waals surface area contributed by atoms with Crippen LogP contribution in [-0.2, 0) is 10.8 Å². The van der Waals surface area contributed by atoms with E-state index >= 15 is 0 Å². The molecule has 2 aliphatic rings. The van der Waals surface area contributed by atoms with Gasteiger partial charge in [-0.1, -0.05) is 333 Å². The van der Waals surface area contributed by atoms with Gasteiger partial charge in [0.2, 0.25) is 0 Å². The molecule has 0 saturated heterocycles. The third kappa shape index (κ3) is 10.1. The maximum Gasteiger partial charge on any atom is 0.252 e. The molecule has 0 spiro atoms. The Kier molecular flexibility index (Phi) is 15.1. The van der Waals surface area contributed by atoms with Gasteiger partial charge < -0.3 is 18.8 Å². The van der Waals surface area contributed by atoms with Crippen LogP contribution in [0.4, 0.5) is 34.1 Å². The maximum atomic E-state index is 7.46. The second-order valence-corrected chi connectivity index (χ2v) is 38.3. The second-order valence-electron chi connectivity index (χ2n) is 30.7. The van der Waals surface area contributed by atoms with E-state index in [9.17, 15) is 0 Å². The van der Waals surface area contributed by atoms with Crippen LogP contribution in [0.25, 0.3) is 60.6 Å². The van der Waals surface area contributed by atoms with Gasteiger partial charge in [0.05, 0.1) is 22.4 Å². The number of hydrogen-bond acceptors (Lipinski definition) is 3. The Bertz CT molecular complexity index is 5920. The van der Waals surface area contributed by atoms with E-state index in [1.54, 1.807) is 0 Å². The van der Waals surface area contributed by atoms with Crippen LogP contribution < -0.4 is 67.7 Å². The zero-order chi connectivity index (χ0) is 70.8. The summed E-state index contributed by atoms with van der Waals surface area (Å²) in [4.78, 5) is 5.28. The number of aromatic nitrogens is 1. The Labute approximate surface area is 617 Å². The van der Waals surface area contributed by atoms with E-state index in [2.05, 4.69) is 420 Å². The molecule has 105 heavy (non-hydrogen) atoms. The lowest BCUT2D eigenvalue weighted by Gasteiger charge is -2.45. The summed E-state index contributed by atoms with van der Waals surface area (Å²) in [7, 11) is -6.34. The van der Waals surface area contributed by atoms with Gasteiger partial charge in [-0.3, -0.25) is 0 Å². The third-order valence-corrected chi connectivity index (χ3v) is 32.3. The number of benzene rings is 15. The number of fused-ring (bicyclic) bond motifs is 11. The molecule has 0 saturated carbocycles. The van der Waals surface area contributed by atoms with Crippen molar-refractivity contribution in [3.8, 4) is 16.8 Å². The van der Waals surface area contributed by atoms with Gasteiger partial charge in [-0.2, -0.15) is 0 Å². The van der Waals surface area contributed by atoms with Gasteiger partial charge in [0.1, 0.15) is 5.58 Å². The normalized spacial score (nSPS) is 13.0. The van der Waals surface area contributed by atoms with E-state index in [4.69, 9.17) is 4.42 Å². The van der Waals surface area contributed by atoms with Crippen molar-refractivity contribution in [2.75, 3.05) is 9.80 Å². The van der Waals surface area contributed by atoms with E-state index in [0.29, 0.717) is 0 Å². The molecule has 0 amide bonds. The van der Waals surface area contributed by atoms with E-state index in [1.807, 2.05) is 0 Å². The molecule has 0 bridgehead atoms. The molecular formula is C98H78BN3OSi2. The van der Waals surface area contributed by atoms with Crippen LogP contribution in [0.15, 0.2) is 368 Å². The first-order valence-corrected chi connectivity index (χ1v) is 40.9. The van der Waals surface area contributed by atoms with E-state index in [0.717, 1.165) is 83.9 Å². The third-order valence-electron chi connectivity index (χ3n) is 22.7. The van der Waals surface area contributed by atoms with Crippen molar-refractivity contribution >= 4 is 159 Å². The Balaban J connectivity index is 0.996. The number of rotatable bonds is 12. The summed E-state index contributed by atoms with van der Waals surface area (Å²) in [5.41, 5.74) is 19.9. The van der Waals surface area contributed by atoms with Gasteiger partial charge in [0.25, 0.3) is 6.71 Å². The minimum atomic E-state index is -3.20. The van der Waals surface area contributed by atoms with Gasteiger partial charge in [-0.15, -0.1) is 0 Å². The molecular weight excluding hydrogens is 1300 g/mol. The number of para-hydroxylation sites is 1. The van der Waals surface area contributed by atoms with Gasteiger partial charge in [0.15, 0.2) is 21.7 Å². The molecule has 0 radical (unpaired) electrons. The predicted octanol–water partition coefficient (Wildman–Crippen LogP) is 17.8. The van der Waals surface area contributed by atoms with Crippen molar-refractivity contribution in [2.24, 2.45) is 0 Å². The lowest BCUT2D eigenvalue weighted by atomic mass is 9.33. The lowest BCUT2D eigenvalue weighted by Crippen LogP contribution is -2.75. The summed E-state index contributed by atoms with van der Waals surface area (Å²) in [6.07, 6.45) is 0. The standard InChI is InChI=1S/C98H78BN3OSi2/c1-97(2,3)69-52-58-88-84(61-69)85-62-70(98(4,5)6)53-59-89(85)101(88)73-64-91-94-92(65-73)102(71-35-30-34-68(60-71)67-32-14-7-15-33-67)95-87(57-55-83-82-50-28-29-51-93(82)103-96(83)95)99(94)86-56-54-81(105(77-43-22-11-23-44-77,78-45-24-12-25-46-78)79-47-26-13-27-48-79)66-90(86)100(91)72-36-31-49-80(63-72)104(74-37-16-8-17-38-74,75-39-18-9-19-40-75)76-41-20-10-21-42-76/h7-66H,1-6H3. The Hall–Kier alpha value is -12.0. The van der Waals surface area contributed by atoms with Crippen LogP contribution in [0, 0.1) is 0 Å². The predicted molar refractivity (Wildman–Crippen MR) is 452 cm³/mol. The number of nitrogens with zero attached hydrogens (tertiary/aromatic N) is 3. The van der Waals surface area contributed by atoms with Crippen molar-refractivity contribution < 1.29 is 4.42 Å². The van der Waals surface area contributed by atoms with Crippen LogP contribution >= 0.6 is 0 Å². The average molecular weight is 1380 g/mol. The molecule has 0 fully saturated rings. The number of anilines is 6. The molecule has 0 aliphatic carbocycles. The Morgan fingerprint density at radius 2 is 0.705 bits per heavy atom. The molecule has 4 heterocycles. The fourth-order valence-corrected chi connectivity index (χ4v) is 27.4. The van der Waals surface area contributed by atoms with Gasteiger partial charge in [-0.05, 0) is 164 Å². The average Bonchev–Trinajstić information content (AvgIpc) is 1.57. The van der Waals surface area contributed by atoms with Crippen molar-refractivity contribution in [1.29, 1.82) is 0 Å².